The van der Waals surface area contributed by atoms with Crippen LogP contribution in [0.15, 0.2) is 58.8 Å². The molecular formula is C18H15N5O2S. The van der Waals surface area contributed by atoms with E-state index in [1.807, 2.05) is 48.7 Å². The van der Waals surface area contributed by atoms with Gasteiger partial charge in [-0.1, -0.05) is 23.4 Å². The third-order valence-corrected chi connectivity index (χ3v) is 4.51. The maximum Gasteiger partial charge on any atom is 0.268 e. The third-order valence-electron chi connectivity index (χ3n) is 3.65. The van der Waals surface area contributed by atoms with Gasteiger partial charge < -0.3 is 14.4 Å². The van der Waals surface area contributed by atoms with E-state index in [1.54, 1.807) is 17.1 Å². The molecule has 1 amide bonds. The highest BCUT2D eigenvalue weighted by atomic mass is 32.1. The summed E-state index contributed by atoms with van der Waals surface area (Å²) in [7, 11) is 0. The largest absolute Gasteiger partial charge is 0.333 e. The van der Waals surface area contributed by atoms with Crippen LogP contribution in [0.3, 0.4) is 0 Å². The molecule has 3 aromatic heterocycles. The molecule has 1 aromatic carbocycles. The lowest BCUT2D eigenvalue weighted by Crippen LogP contribution is -2.17. The van der Waals surface area contributed by atoms with Crippen LogP contribution in [0.2, 0.25) is 0 Å². The third kappa shape index (κ3) is 3.55. The topological polar surface area (TPSA) is 85.8 Å². The van der Waals surface area contributed by atoms with Crippen molar-refractivity contribution in [3.63, 3.8) is 0 Å². The Bertz CT molecular complexity index is 1040. The molecule has 4 aromatic rings. The van der Waals surface area contributed by atoms with Crippen LogP contribution in [0.25, 0.3) is 22.3 Å². The molecule has 26 heavy (non-hydrogen) atoms. The maximum absolute atomic E-state index is 12.2. The van der Waals surface area contributed by atoms with Crippen LogP contribution >= 0.6 is 11.3 Å². The average molecular weight is 365 g/mol. The van der Waals surface area contributed by atoms with Crippen molar-refractivity contribution >= 4 is 22.9 Å². The Kier molecular flexibility index (Phi) is 4.32. The number of benzene rings is 1. The van der Waals surface area contributed by atoms with Crippen molar-refractivity contribution in [2.24, 2.45) is 0 Å². The van der Waals surface area contributed by atoms with Crippen molar-refractivity contribution in [2.75, 3.05) is 5.32 Å². The summed E-state index contributed by atoms with van der Waals surface area (Å²) in [6.45, 7) is 2.13. The van der Waals surface area contributed by atoms with Gasteiger partial charge in [0.05, 0.1) is 11.2 Å². The summed E-state index contributed by atoms with van der Waals surface area (Å²) in [5.74, 6) is 0.722. The van der Waals surface area contributed by atoms with Crippen LogP contribution in [0.1, 0.15) is 5.56 Å². The SMILES string of the molecule is Cc1cccc(NC(=O)Cn2cnc(-c3noc(-c4cccs4)n3)c2)c1. The van der Waals surface area contributed by atoms with Gasteiger partial charge in [-0.25, -0.2) is 4.98 Å². The number of hydrogen-bond donors (Lipinski definition) is 1. The molecule has 0 aliphatic rings. The van der Waals surface area contributed by atoms with Gasteiger partial charge in [0.25, 0.3) is 5.89 Å². The number of aryl methyl sites for hydroxylation is 1. The lowest BCUT2D eigenvalue weighted by molar-refractivity contribution is -0.116. The molecule has 0 aliphatic carbocycles. The van der Waals surface area contributed by atoms with Crippen molar-refractivity contribution in [2.45, 2.75) is 13.5 Å². The number of hydrogen-bond acceptors (Lipinski definition) is 6. The van der Waals surface area contributed by atoms with Crippen molar-refractivity contribution in [1.82, 2.24) is 19.7 Å². The van der Waals surface area contributed by atoms with E-state index in [2.05, 4.69) is 20.4 Å². The lowest BCUT2D eigenvalue weighted by atomic mass is 10.2. The van der Waals surface area contributed by atoms with Gasteiger partial charge in [0, 0.05) is 11.9 Å². The summed E-state index contributed by atoms with van der Waals surface area (Å²) in [5.41, 5.74) is 2.42. The van der Waals surface area contributed by atoms with Crippen LogP contribution in [0.5, 0.6) is 0 Å². The maximum atomic E-state index is 12.2. The van der Waals surface area contributed by atoms with Gasteiger partial charge in [-0.3, -0.25) is 4.79 Å². The Morgan fingerprint density at radius 3 is 3.04 bits per heavy atom. The molecule has 0 saturated heterocycles. The molecule has 1 N–H and O–H groups in total. The van der Waals surface area contributed by atoms with Crippen molar-refractivity contribution < 1.29 is 9.32 Å². The van der Waals surface area contributed by atoms with Crippen molar-refractivity contribution in [1.29, 1.82) is 0 Å². The van der Waals surface area contributed by atoms with E-state index >= 15 is 0 Å². The number of thiophene rings is 1. The standard InChI is InChI=1S/C18H15N5O2S/c1-12-4-2-5-13(8-12)20-16(24)10-23-9-14(19-11-23)17-21-18(25-22-17)15-6-3-7-26-15/h2-9,11H,10H2,1H3,(H,20,24). The highest BCUT2D eigenvalue weighted by Gasteiger charge is 2.14. The molecule has 8 heteroatoms. The summed E-state index contributed by atoms with van der Waals surface area (Å²) < 4.78 is 6.95. The van der Waals surface area contributed by atoms with Gasteiger partial charge in [0.2, 0.25) is 11.7 Å². The molecule has 0 atom stereocenters. The van der Waals surface area contributed by atoms with E-state index in [9.17, 15) is 4.79 Å². The van der Waals surface area contributed by atoms with Gasteiger partial charge in [-0.2, -0.15) is 4.98 Å². The molecule has 0 fully saturated rings. The van der Waals surface area contributed by atoms with Gasteiger partial charge in [0.15, 0.2) is 0 Å². The number of anilines is 1. The first-order valence-electron chi connectivity index (χ1n) is 7.93. The van der Waals surface area contributed by atoms with Gasteiger partial charge >= 0.3 is 0 Å². The monoisotopic (exact) mass is 365 g/mol. The van der Waals surface area contributed by atoms with E-state index in [0.29, 0.717) is 17.4 Å². The minimum absolute atomic E-state index is 0.132. The second-order valence-corrected chi connectivity index (χ2v) is 6.70. The summed E-state index contributed by atoms with van der Waals surface area (Å²) in [6, 6.07) is 11.5. The zero-order chi connectivity index (χ0) is 17.9. The quantitative estimate of drug-likeness (QED) is 0.584. The van der Waals surface area contributed by atoms with Crippen LogP contribution in [0, 0.1) is 6.92 Å². The van der Waals surface area contributed by atoms with Gasteiger partial charge in [0.1, 0.15) is 12.2 Å². The second kappa shape index (κ2) is 6.93. The summed E-state index contributed by atoms with van der Waals surface area (Å²) in [5, 5.41) is 8.77. The fourth-order valence-electron chi connectivity index (χ4n) is 2.48. The molecule has 0 unspecified atom stereocenters. The minimum Gasteiger partial charge on any atom is -0.333 e. The molecule has 4 rings (SSSR count). The Balaban J connectivity index is 1.44. The number of imidazole rings is 1. The molecule has 0 bridgehead atoms. The molecule has 0 radical (unpaired) electrons. The molecule has 3 heterocycles. The number of rotatable bonds is 5. The van der Waals surface area contributed by atoms with E-state index in [-0.39, 0.29) is 12.5 Å². The highest BCUT2D eigenvalue weighted by molar-refractivity contribution is 7.13. The number of nitrogens with zero attached hydrogens (tertiary/aromatic N) is 4. The smallest absolute Gasteiger partial charge is 0.268 e. The first-order valence-corrected chi connectivity index (χ1v) is 8.81. The van der Waals surface area contributed by atoms with E-state index in [4.69, 9.17) is 4.52 Å². The second-order valence-electron chi connectivity index (χ2n) is 5.75. The molecular weight excluding hydrogens is 350 g/mol. The fraction of sp³-hybridized carbons (Fsp3) is 0.111. The van der Waals surface area contributed by atoms with E-state index < -0.39 is 0 Å². The van der Waals surface area contributed by atoms with Crippen LogP contribution in [0.4, 0.5) is 5.69 Å². The summed E-state index contributed by atoms with van der Waals surface area (Å²) in [4.78, 5) is 21.7. The van der Waals surface area contributed by atoms with E-state index in [1.165, 1.54) is 11.3 Å². The van der Waals surface area contributed by atoms with Crippen molar-refractivity contribution in [3.8, 4) is 22.3 Å². The fourth-order valence-corrected chi connectivity index (χ4v) is 3.12. The molecule has 0 aliphatic heterocycles. The first kappa shape index (κ1) is 16.2. The van der Waals surface area contributed by atoms with Gasteiger partial charge in [-0.05, 0) is 36.1 Å². The average Bonchev–Trinajstić information content (AvgIpc) is 3.35. The van der Waals surface area contributed by atoms with E-state index in [0.717, 1.165) is 16.1 Å². The zero-order valence-electron chi connectivity index (χ0n) is 13.9. The lowest BCUT2D eigenvalue weighted by Gasteiger charge is -2.06. The van der Waals surface area contributed by atoms with Crippen molar-refractivity contribution in [3.05, 3.63) is 59.9 Å². The predicted molar refractivity (Wildman–Crippen MR) is 98.6 cm³/mol. The number of carbonyl (C=O) groups excluding carboxylic acids is 1. The predicted octanol–water partition coefficient (Wildman–Crippen LogP) is 3.61. The Labute approximate surface area is 153 Å². The molecule has 130 valence electrons. The summed E-state index contributed by atoms with van der Waals surface area (Å²) >= 11 is 1.53. The number of carbonyl (C=O) groups is 1. The summed E-state index contributed by atoms with van der Waals surface area (Å²) in [6.07, 6.45) is 3.30. The van der Waals surface area contributed by atoms with Crippen LogP contribution in [-0.2, 0) is 11.3 Å². The van der Waals surface area contributed by atoms with Gasteiger partial charge in [-0.15, -0.1) is 11.3 Å². The van der Waals surface area contributed by atoms with Crippen LogP contribution in [-0.4, -0.2) is 25.6 Å². The number of nitrogens with one attached hydrogen (secondary N) is 1. The first-order chi connectivity index (χ1) is 12.7. The number of amides is 1. The molecule has 0 saturated carbocycles. The van der Waals surface area contributed by atoms with Crippen LogP contribution < -0.4 is 5.32 Å². The Morgan fingerprint density at radius 1 is 1.31 bits per heavy atom. The Morgan fingerprint density at radius 2 is 2.23 bits per heavy atom. The normalized spacial score (nSPS) is 10.8. The Hall–Kier alpha value is -3.26. The number of aromatic nitrogens is 4. The zero-order valence-corrected chi connectivity index (χ0v) is 14.7. The highest BCUT2D eigenvalue weighted by Crippen LogP contribution is 2.25. The molecule has 0 spiro atoms. The molecule has 7 nitrogen and oxygen atoms in total. The minimum atomic E-state index is -0.132.